The first-order chi connectivity index (χ1) is 15.2. The molecule has 3 aromatic carbocycles. The van der Waals surface area contributed by atoms with E-state index in [-0.39, 0.29) is 17.5 Å². The second-order valence-corrected chi connectivity index (χ2v) is 7.93. The Morgan fingerprint density at radius 3 is 2.32 bits per heavy atom. The van der Waals surface area contributed by atoms with Gasteiger partial charge in [0.15, 0.2) is 5.78 Å². The molecule has 1 aliphatic carbocycles. The van der Waals surface area contributed by atoms with Crippen LogP contribution in [0.1, 0.15) is 35.9 Å². The lowest BCUT2D eigenvalue weighted by Gasteiger charge is -2.30. The molecule has 2 atom stereocenters. The number of methoxy groups -OCH3 is 1. The monoisotopic (exact) mass is 414 g/mol. The summed E-state index contributed by atoms with van der Waals surface area (Å²) in [4.78, 5) is 13.5. The van der Waals surface area contributed by atoms with Crippen molar-refractivity contribution in [2.24, 2.45) is 0 Å². The average molecular weight is 414 g/mol. The molecule has 5 heteroatoms. The van der Waals surface area contributed by atoms with Crippen LogP contribution in [0.25, 0.3) is 0 Å². The molecule has 0 saturated heterocycles. The average Bonchev–Trinajstić information content (AvgIpc) is 2.96. The predicted molar refractivity (Wildman–Crippen MR) is 120 cm³/mol. The van der Waals surface area contributed by atoms with E-state index in [0.717, 1.165) is 28.4 Å². The van der Waals surface area contributed by atoms with E-state index < -0.39 is 6.04 Å². The van der Waals surface area contributed by atoms with Gasteiger partial charge in [0.1, 0.15) is 11.6 Å². The number of Topliss-reactive ketones (excluding diaryl/α,β-unsaturated/α-hetero) is 1. The Morgan fingerprint density at radius 2 is 1.55 bits per heavy atom. The number of nitrogens with one attached hydrogen (secondary N) is 2. The van der Waals surface area contributed by atoms with Gasteiger partial charge in [0.05, 0.1) is 24.5 Å². The number of rotatable bonds is 3. The third kappa shape index (κ3) is 3.46. The van der Waals surface area contributed by atoms with E-state index in [0.29, 0.717) is 24.0 Å². The summed E-state index contributed by atoms with van der Waals surface area (Å²) >= 11 is 0. The zero-order valence-corrected chi connectivity index (χ0v) is 17.2. The summed E-state index contributed by atoms with van der Waals surface area (Å²) in [5.41, 5.74) is 4.64. The smallest absolute Gasteiger partial charge is 0.163 e. The van der Waals surface area contributed by atoms with E-state index in [2.05, 4.69) is 10.6 Å². The molecule has 2 aliphatic rings. The largest absolute Gasteiger partial charge is 0.496 e. The van der Waals surface area contributed by atoms with Crippen LogP contribution < -0.4 is 15.4 Å². The molecular weight excluding hydrogens is 391 g/mol. The van der Waals surface area contributed by atoms with Gasteiger partial charge in [-0.15, -0.1) is 0 Å². The molecule has 2 N–H and O–H groups in total. The highest BCUT2D eigenvalue weighted by Crippen LogP contribution is 2.45. The summed E-state index contributed by atoms with van der Waals surface area (Å²) in [6.07, 6.45) is 0.992. The van der Waals surface area contributed by atoms with Gasteiger partial charge in [-0.3, -0.25) is 4.79 Å². The van der Waals surface area contributed by atoms with E-state index in [1.807, 2.05) is 48.5 Å². The van der Waals surface area contributed by atoms with Crippen molar-refractivity contribution in [2.75, 3.05) is 17.7 Å². The summed E-state index contributed by atoms with van der Waals surface area (Å²) < 4.78 is 20.3. The quantitative estimate of drug-likeness (QED) is 0.568. The first kappa shape index (κ1) is 19.4. The van der Waals surface area contributed by atoms with E-state index in [9.17, 15) is 9.18 Å². The second kappa shape index (κ2) is 7.91. The van der Waals surface area contributed by atoms with Gasteiger partial charge in [-0.05, 0) is 36.2 Å². The van der Waals surface area contributed by atoms with Crippen molar-refractivity contribution in [3.05, 3.63) is 101 Å². The molecule has 5 rings (SSSR count). The first-order valence-corrected chi connectivity index (χ1v) is 10.4. The fourth-order valence-corrected chi connectivity index (χ4v) is 4.66. The number of hydrogen-bond donors (Lipinski definition) is 2. The number of para-hydroxylation sites is 3. The van der Waals surface area contributed by atoms with Crippen LogP contribution in [-0.4, -0.2) is 12.9 Å². The zero-order valence-electron chi connectivity index (χ0n) is 17.2. The van der Waals surface area contributed by atoms with Crippen molar-refractivity contribution < 1.29 is 13.9 Å². The SMILES string of the molecule is COc1ccccc1C1CC(=O)C2=C(C1)Nc1ccccc1NC2c1ccccc1F. The van der Waals surface area contributed by atoms with Gasteiger partial charge < -0.3 is 15.4 Å². The standard InChI is InChI=1S/C26H23FN2O2/c1-31-24-13-7-3-8-17(24)16-14-22-25(23(30)15-16)26(18-9-2-4-10-19(18)27)29-21-12-6-5-11-20(21)28-22/h2-13,16,26,28-29H,14-15H2,1H3. The van der Waals surface area contributed by atoms with Crippen molar-refractivity contribution >= 4 is 17.2 Å². The van der Waals surface area contributed by atoms with Crippen molar-refractivity contribution in [2.45, 2.75) is 24.8 Å². The summed E-state index contributed by atoms with van der Waals surface area (Å²) in [5, 5.41) is 6.90. The van der Waals surface area contributed by atoms with E-state index >= 15 is 0 Å². The number of allylic oxidation sites excluding steroid dienone is 1. The number of anilines is 2. The summed E-state index contributed by atoms with van der Waals surface area (Å²) in [6, 6.07) is 21.7. The highest BCUT2D eigenvalue weighted by Gasteiger charge is 2.37. The maximum Gasteiger partial charge on any atom is 0.163 e. The molecule has 0 aromatic heterocycles. The minimum atomic E-state index is -0.557. The first-order valence-electron chi connectivity index (χ1n) is 10.4. The fourth-order valence-electron chi connectivity index (χ4n) is 4.66. The number of benzene rings is 3. The molecule has 4 nitrogen and oxygen atoms in total. The number of ether oxygens (including phenoxy) is 1. The molecule has 0 amide bonds. The van der Waals surface area contributed by atoms with E-state index in [1.165, 1.54) is 6.07 Å². The minimum absolute atomic E-state index is 0.0122. The molecule has 2 unspecified atom stereocenters. The van der Waals surface area contributed by atoms with Crippen LogP contribution in [-0.2, 0) is 4.79 Å². The summed E-state index contributed by atoms with van der Waals surface area (Å²) in [6.45, 7) is 0. The van der Waals surface area contributed by atoms with Crippen LogP contribution in [0.15, 0.2) is 84.1 Å². The van der Waals surface area contributed by atoms with Gasteiger partial charge in [-0.2, -0.15) is 0 Å². The number of carbonyl (C=O) groups excluding carboxylic acids is 1. The van der Waals surface area contributed by atoms with Crippen LogP contribution in [0, 0.1) is 5.82 Å². The van der Waals surface area contributed by atoms with Gasteiger partial charge in [0.25, 0.3) is 0 Å². The van der Waals surface area contributed by atoms with E-state index in [4.69, 9.17) is 4.74 Å². The molecular formula is C26H23FN2O2. The molecule has 0 spiro atoms. The summed E-state index contributed by atoms with van der Waals surface area (Å²) in [5.74, 6) is 0.452. The summed E-state index contributed by atoms with van der Waals surface area (Å²) in [7, 11) is 1.65. The highest BCUT2D eigenvalue weighted by molar-refractivity contribution is 6.01. The van der Waals surface area contributed by atoms with Crippen LogP contribution in [0.3, 0.4) is 0 Å². The highest BCUT2D eigenvalue weighted by atomic mass is 19.1. The molecule has 1 heterocycles. The number of carbonyl (C=O) groups is 1. The third-order valence-electron chi connectivity index (χ3n) is 6.10. The molecule has 0 fully saturated rings. The van der Waals surface area contributed by atoms with Crippen molar-refractivity contribution in [1.82, 2.24) is 0 Å². The van der Waals surface area contributed by atoms with E-state index in [1.54, 1.807) is 25.3 Å². The Bertz CT molecular complexity index is 1190. The lowest BCUT2D eigenvalue weighted by atomic mass is 9.78. The Hall–Kier alpha value is -3.60. The van der Waals surface area contributed by atoms with Crippen LogP contribution in [0.5, 0.6) is 5.75 Å². The molecule has 156 valence electrons. The third-order valence-corrected chi connectivity index (χ3v) is 6.10. The second-order valence-electron chi connectivity index (χ2n) is 7.93. The molecule has 0 saturated carbocycles. The van der Waals surface area contributed by atoms with Gasteiger partial charge >= 0.3 is 0 Å². The fraction of sp³-hybridized carbons (Fsp3) is 0.192. The normalized spacial score (nSPS) is 20.1. The predicted octanol–water partition coefficient (Wildman–Crippen LogP) is 5.81. The van der Waals surface area contributed by atoms with Crippen molar-refractivity contribution in [3.8, 4) is 5.75 Å². The number of halogens is 1. The number of ketones is 1. The Balaban J connectivity index is 1.63. The van der Waals surface area contributed by atoms with Crippen molar-refractivity contribution in [3.63, 3.8) is 0 Å². The van der Waals surface area contributed by atoms with Gasteiger partial charge in [0, 0.05) is 29.2 Å². The van der Waals surface area contributed by atoms with Crippen LogP contribution >= 0.6 is 0 Å². The van der Waals surface area contributed by atoms with Gasteiger partial charge in [0.2, 0.25) is 0 Å². The van der Waals surface area contributed by atoms with Gasteiger partial charge in [-0.1, -0.05) is 48.5 Å². The van der Waals surface area contributed by atoms with Crippen LogP contribution in [0.4, 0.5) is 15.8 Å². The zero-order chi connectivity index (χ0) is 21.4. The van der Waals surface area contributed by atoms with Crippen LogP contribution in [0.2, 0.25) is 0 Å². The molecule has 1 aliphatic heterocycles. The lowest BCUT2D eigenvalue weighted by molar-refractivity contribution is -0.116. The molecule has 0 bridgehead atoms. The molecule has 0 radical (unpaired) electrons. The number of fused-ring (bicyclic) bond motifs is 1. The Morgan fingerprint density at radius 1 is 0.871 bits per heavy atom. The van der Waals surface area contributed by atoms with Gasteiger partial charge in [-0.25, -0.2) is 4.39 Å². The maximum absolute atomic E-state index is 14.8. The minimum Gasteiger partial charge on any atom is -0.496 e. The van der Waals surface area contributed by atoms with Crippen molar-refractivity contribution in [1.29, 1.82) is 0 Å². The maximum atomic E-state index is 14.8. The number of hydrogen-bond acceptors (Lipinski definition) is 4. The topological polar surface area (TPSA) is 50.4 Å². The Kier molecular flexibility index (Phi) is 4.94. The molecule has 3 aromatic rings. The molecule has 31 heavy (non-hydrogen) atoms. The lowest BCUT2D eigenvalue weighted by Crippen LogP contribution is -2.27. The Labute approximate surface area is 180 Å².